The lowest BCUT2D eigenvalue weighted by Gasteiger charge is -2.19. The van der Waals surface area contributed by atoms with Crippen molar-refractivity contribution >= 4 is 56.6 Å². The minimum atomic E-state index is -5.01. The van der Waals surface area contributed by atoms with Crippen molar-refractivity contribution in [1.82, 2.24) is 5.32 Å². The highest BCUT2D eigenvalue weighted by atomic mass is 35.5. The number of carbonyl (C=O) groups excluding carboxylic acids is 1. The number of alkyl halides is 8. The number of hydrogen-bond donors (Lipinski definition) is 1. The van der Waals surface area contributed by atoms with Gasteiger partial charge in [0.15, 0.2) is 9.84 Å². The molecule has 2 rings (SSSR count). The Morgan fingerprint density at radius 3 is 2.05 bits per heavy atom. The molecule has 1 N–H and O–H groups in total. The Morgan fingerprint density at radius 1 is 1.00 bits per heavy atom. The van der Waals surface area contributed by atoms with E-state index >= 15 is 0 Å². The van der Waals surface area contributed by atoms with Gasteiger partial charge in [-0.1, -0.05) is 53.0 Å². The summed E-state index contributed by atoms with van der Waals surface area (Å²) in [5, 5.41) is 1.40. The van der Waals surface area contributed by atoms with Gasteiger partial charge < -0.3 is 5.32 Å². The molecule has 4 nitrogen and oxygen atoms in total. The number of nitrogens with one attached hydrogen (secondary N) is 1. The zero-order valence-corrected chi connectivity index (χ0v) is 22.6. The molecule has 0 saturated heterocycles. The van der Waals surface area contributed by atoms with Crippen LogP contribution in [0.25, 0.3) is 6.08 Å². The molecule has 2 aromatic carbocycles. The van der Waals surface area contributed by atoms with Crippen molar-refractivity contribution < 1.29 is 48.3 Å². The fourth-order valence-corrected chi connectivity index (χ4v) is 5.55. The molecule has 39 heavy (non-hydrogen) atoms. The van der Waals surface area contributed by atoms with Gasteiger partial charge in [0.1, 0.15) is 5.75 Å². The summed E-state index contributed by atoms with van der Waals surface area (Å²) in [6.45, 7) is 1.07. The first-order valence-corrected chi connectivity index (χ1v) is 13.5. The molecule has 0 heterocycles. The maximum absolute atomic E-state index is 13.7. The third-order valence-corrected chi connectivity index (χ3v) is 7.99. The van der Waals surface area contributed by atoms with Crippen molar-refractivity contribution in [3.63, 3.8) is 0 Å². The van der Waals surface area contributed by atoms with E-state index in [9.17, 15) is 48.3 Å². The quantitative estimate of drug-likeness (QED) is 0.222. The summed E-state index contributed by atoms with van der Waals surface area (Å²) in [6, 6.07) is 3.19. The van der Waals surface area contributed by atoms with Crippen molar-refractivity contribution in [3.05, 3.63) is 73.7 Å². The summed E-state index contributed by atoms with van der Waals surface area (Å²) < 4.78 is 129. The normalized spacial score (nSPS) is 14.6. The van der Waals surface area contributed by atoms with E-state index in [2.05, 4.69) is 0 Å². The van der Waals surface area contributed by atoms with Crippen molar-refractivity contribution in [2.45, 2.75) is 37.7 Å². The molecule has 2 unspecified atom stereocenters. The van der Waals surface area contributed by atoms with E-state index in [1.807, 2.05) is 5.32 Å². The Bertz CT molecular complexity index is 1320. The minimum absolute atomic E-state index is 0.150. The van der Waals surface area contributed by atoms with E-state index in [4.69, 9.17) is 34.8 Å². The van der Waals surface area contributed by atoms with Crippen molar-refractivity contribution in [2.75, 3.05) is 11.5 Å². The first-order chi connectivity index (χ1) is 17.7. The van der Waals surface area contributed by atoms with Gasteiger partial charge in [0, 0.05) is 17.2 Å². The SMILES string of the molecule is CC(CS(=O)(=O)CC(F)(F)F)NC(=O)c1ccc(/C=C/C(c2cc(Cl)c(Cl)c(Cl)c2)C(F)(F)F)cc1C(F)F. The maximum atomic E-state index is 13.7. The van der Waals surface area contributed by atoms with Crippen molar-refractivity contribution in [2.24, 2.45) is 0 Å². The molecular weight excluding hydrogens is 629 g/mol. The van der Waals surface area contributed by atoms with E-state index in [1.165, 1.54) is 0 Å². The second kappa shape index (κ2) is 12.6. The number of allylic oxidation sites excluding steroid dienone is 1. The summed E-state index contributed by atoms with van der Waals surface area (Å²) in [7, 11) is -4.67. The van der Waals surface area contributed by atoms with Crippen LogP contribution in [-0.4, -0.2) is 44.2 Å². The number of carbonyl (C=O) groups is 1. The van der Waals surface area contributed by atoms with Crippen LogP contribution in [0.5, 0.6) is 0 Å². The summed E-state index contributed by atoms with van der Waals surface area (Å²) in [6.07, 6.45) is -11.6. The standard InChI is InChI=1S/C23H18Cl3F8NO3S/c1-11(9-39(37,38)10-22(29,30)31)35-21(36)14-4-2-12(6-15(14)20(27)28)3-5-16(23(32,33)34)13-7-17(24)19(26)18(25)8-13/h2-8,11,16,20H,9-10H2,1H3,(H,35,36)/b5-3+. The molecule has 0 saturated carbocycles. The Balaban J connectivity index is 2.32. The minimum Gasteiger partial charge on any atom is -0.349 e. The first kappa shape index (κ1) is 33.1. The average molecular weight is 647 g/mol. The second-order valence-corrected chi connectivity index (χ2v) is 11.7. The monoisotopic (exact) mass is 645 g/mol. The van der Waals surface area contributed by atoms with Crippen LogP contribution in [0.1, 0.15) is 46.3 Å². The van der Waals surface area contributed by atoms with Gasteiger partial charge in [-0.15, -0.1) is 0 Å². The number of rotatable bonds is 9. The molecule has 0 fully saturated rings. The van der Waals surface area contributed by atoms with Crippen LogP contribution in [0.2, 0.25) is 15.1 Å². The molecule has 0 radical (unpaired) electrons. The number of halogens is 11. The van der Waals surface area contributed by atoms with Gasteiger partial charge in [-0.05, 0) is 42.3 Å². The van der Waals surface area contributed by atoms with Gasteiger partial charge in [0.05, 0.1) is 26.7 Å². The van der Waals surface area contributed by atoms with Crippen LogP contribution >= 0.6 is 34.8 Å². The van der Waals surface area contributed by atoms with Crippen LogP contribution in [-0.2, 0) is 9.84 Å². The second-order valence-electron chi connectivity index (χ2n) is 8.37. The van der Waals surface area contributed by atoms with Crippen LogP contribution in [0, 0.1) is 0 Å². The lowest BCUT2D eigenvalue weighted by molar-refractivity contribution is -0.139. The highest BCUT2D eigenvalue weighted by Crippen LogP contribution is 2.41. The molecular formula is C23H18Cl3F8NO3S. The summed E-state index contributed by atoms with van der Waals surface area (Å²) in [5.74, 6) is -6.71. The highest BCUT2D eigenvalue weighted by Gasteiger charge is 2.39. The van der Waals surface area contributed by atoms with E-state index in [-0.39, 0.29) is 26.2 Å². The number of sulfone groups is 1. The first-order valence-electron chi connectivity index (χ1n) is 10.6. The lowest BCUT2D eigenvalue weighted by Crippen LogP contribution is -2.40. The van der Waals surface area contributed by atoms with Crippen molar-refractivity contribution in [3.8, 4) is 0 Å². The Kier molecular flexibility index (Phi) is 10.7. The van der Waals surface area contributed by atoms with E-state index < -0.39 is 69.1 Å². The largest absolute Gasteiger partial charge is 0.402 e. The molecule has 1 amide bonds. The van der Waals surface area contributed by atoms with Gasteiger partial charge in [0.2, 0.25) is 0 Å². The zero-order chi connectivity index (χ0) is 29.9. The maximum Gasteiger partial charge on any atom is 0.402 e. The average Bonchev–Trinajstić information content (AvgIpc) is 2.74. The predicted octanol–water partition coefficient (Wildman–Crippen LogP) is 8.04. The number of amides is 1. The van der Waals surface area contributed by atoms with Crippen LogP contribution in [0.3, 0.4) is 0 Å². The summed E-state index contributed by atoms with van der Waals surface area (Å²) in [4.78, 5) is 12.5. The predicted molar refractivity (Wildman–Crippen MR) is 132 cm³/mol. The van der Waals surface area contributed by atoms with Crippen LogP contribution < -0.4 is 5.32 Å². The Hall–Kier alpha value is -2.09. The van der Waals surface area contributed by atoms with E-state index in [0.717, 1.165) is 43.3 Å². The molecule has 0 aliphatic heterocycles. The van der Waals surface area contributed by atoms with Gasteiger partial charge in [0.25, 0.3) is 12.3 Å². The lowest BCUT2D eigenvalue weighted by atomic mass is 9.96. The third kappa shape index (κ3) is 9.80. The molecule has 0 aromatic heterocycles. The van der Waals surface area contributed by atoms with Crippen LogP contribution in [0.4, 0.5) is 35.1 Å². The van der Waals surface area contributed by atoms with Crippen molar-refractivity contribution in [1.29, 1.82) is 0 Å². The van der Waals surface area contributed by atoms with E-state index in [0.29, 0.717) is 6.08 Å². The third-order valence-electron chi connectivity index (χ3n) is 5.02. The molecule has 0 aliphatic carbocycles. The highest BCUT2D eigenvalue weighted by molar-refractivity contribution is 7.91. The Labute approximate surface area is 232 Å². The topological polar surface area (TPSA) is 63.2 Å². The molecule has 0 spiro atoms. The van der Waals surface area contributed by atoms with Gasteiger partial charge in [-0.25, -0.2) is 17.2 Å². The fourth-order valence-electron chi connectivity index (χ4n) is 3.48. The molecule has 2 aromatic rings. The van der Waals surface area contributed by atoms with Crippen LogP contribution in [0.15, 0.2) is 36.4 Å². The molecule has 16 heteroatoms. The summed E-state index contributed by atoms with van der Waals surface area (Å²) in [5.41, 5.74) is -2.08. The molecule has 0 bridgehead atoms. The molecule has 0 aliphatic rings. The van der Waals surface area contributed by atoms with Gasteiger partial charge >= 0.3 is 12.4 Å². The number of benzene rings is 2. The smallest absolute Gasteiger partial charge is 0.349 e. The van der Waals surface area contributed by atoms with Gasteiger partial charge in [-0.2, -0.15) is 26.3 Å². The number of hydrogen-bond acceptors (Lipinski definition) is 3. The molecule has 2 atom stereocenters. The van der Waals surface area contributed by atoms with Gasteiger partial charge in [-0.3, -0.25) is 4.79 Å². The Morgan fingerprint density at radius 2 is 1.56 bits per heavy atom. The fraction of sp³-hybridized carbons (Fsp3) is 0.348. The molecule has 216 valence electrons. The summed E-state index contributed by atoms with van der Waals surface area (Å²) >= 11 is 17.4. The van der Waals surface area contributed by atoms with E-state index in [1.54, 1.807) is 0 Å². The zero-order valence-electron chi connectivity index (χ0n) is 19.5.